The summed E-state index contributed by atoms with van der Waals surface area (Å²) in [5, 5.41) is 0. The molecule has 0 heterocycles. The summed E-state index contributed by atoms with van der Waals surface area (Å²) in [6, 6.07) is 1.21. The van der Waals surface area contributed by atoms with E-state index in [1.54, 1.807) is 0 Å². The SMILES string of the molecule is CCCCCCCCCCCCCCCCC(COCC(CCCCCCCCCCCCCCCC)C(C)N(CC)CC)C(C)N(CC)CC. The van der Waals surface area contributed by atoms with Crippen LogP contribution in [0.15, 0.2) is 0 Å². The summed E-state index contributed by atoms with van der Waals surface area (Å²) in [5.41, 5.74) is 0. The van der Waals surface area contributed by atoms with Crippen LogP contribution < -0.4 is 0 Å². The lowest BCUT2D eigenvalue weighted by atomic mass is 9.92. The van der Waals surface area contributed by atoms with Crippen molar-refractivity contribution in [1.82, 2.24) is 9.80 Å². The summed E-state index contributed by atoms with van der Waals surface area (Å²) >= 11 is 0. The van der Waals surface area contributed by atoms with Crippen molar-refractivity contribution < 1.29 is 4.74 Å². The first-order chi connectivity index (χ1) is 25.0. The minimum absolute atomic E-state index is 0.603. The minimum atomic E-state index is 0.603. The Morgan fingerprint density at radius 2 is 0.529 bits per heavy atom. The highest BCUT2D eigenvalue weighted by Crippen LogP contribution is 2.24. The summed E-state index contributed by atoms with van der Waals surface area (Å²) in [6.45, 7) is 25.4. The average molecular weight is 721 g/mol. The third-order valence-corrected chi connectivity index (χ3v) is 12.7. The zero-order valence-corrected chi connectivity index (χ0v) is 37.1. The van der Waals surface area contributed by atoms with Crippen molar-refractivity contribution in [3.8, 4) is 0 Å². The van der Waals surface area contributed by atoms with Gasteiger partial charge in [0.15, 0.2) is 0 Å². The van der Waals surface area contributed by atoms with E-state index in [2.05, 4.69) is 65.2 Å². The molecule has 0 rings (SSSR count). The highest BCUT2D eigenvalue weighted by molar-refractivity contribution is 4.78. The summed E-state index contributed by atoms with van der Waals surface area (Å²) in [4.78, 5) is 5.34. The van der Waals surface area contributed by atoms with Crippen LogP contribution in [0.2, 0.25) is 0 Å². The topological polar surface area (TPSA) is 15.7 Å². The standard InChI is InChI=1S/C48H100N2O/c1-9-15-17-19-21-23-25-27-29-31-33-35-37-39-41-47(45(7)49(11-3)12-4)43-51-44-48(46(8)50(13-5)14-6)42-40-38-36-34-32-30-28-26-24-22-20-18-16-10-2/h45-48H,9-44H2,1-8H3. The molecule has 3 nitrogen and oxygen atoms in total. The van der Waals surface area contributed by atoms with Crippen molar-refractivity contribution in [1.29, 1.82) is 0 Å². The molecule has 51 heavy (non-hydrogen) atoms. The normalized spacial score (nSPS) is 14.5. The van der Waals surface area contributed by atoms with Gasteiger partial charge in [0.05, 0.1) is 13.2 Å². The van der Waals surface area contributed by atoms with E-state index < -0.39 is 0 Å². The van der Waals surface area contributed by atoms with Gasteiger partial charge in [0.25, 0.3) is 0 Å². The summed E-state index contributed by atoms with van der Waals surface area (Å²) in [5.74, 6) is 1.29. The van der Waals surface area contributed by atoms with Gasteiger partial charge in [-0.15, -0.1) is 0 Å². The van der Waals surface area contributed by atoms with Gasteiger partial charge in [-0.25, -0.2) is 0 Å². The molecule has 0 saturated carbocycles. The highest BCUT2D eigenvalue weighted by atomic mass is 16.5. The summed E-state index contributed by atoms with van der Waals surface area (Å²) in [6.07, 6.45) is 42.8. The minimum Gasteiger partial charge on any atom is -0.381 e. The van der Waals surface area contributed by atoms with Crippen molar-refractivity contribution >= 4 is 0 Å². The molecule has 0 aliphatic rings. The van der Waals surface area contributed by atoms with Crippen LogP contribution >= 0.6 is 0 Å². The maximum atomic E-state index is 6.76. The molecule has 308 valence electrons. The van der Waals surface area contributed by atoms with Crippen molar-refractivity contribution in [2.75, 3.05) is 39.4 Å². The predicted octanol–water partition coefficient (Wildman–Crippen LogP) is 15.4. The molecule has 0 radical (unpaired) electrons. The molecule has 0 aromatic carbocycles. The summed E-state index contributed by atoms with van der Waals surface area (Å²) < 4.78 is 6.76. The van der Waals surface area contributed by atoms with Gasteiger partial charge in [-0.05, 0) is 64.7 Å². The Labute approximate surface area is 325 Å². The third-order valence-electron chi connectivity index (χ3n) is 12.7. The molecule has 0 N–H and O–H groups in total. The number of ether oxygens (including phenoxy) is 1. The Morgan fingerprint density at radius 3 is 0.745 bits per heavy atom. The summed E-state index contributed by atoms with van der Waals surface area (Å²) in [7, 11) is 0. The van der Waals surface area contributed by atoms with Crippen LogP contribution in [0.25, 0.3) is 0 Å². The zero-order chi connectivity index (χ0) is 37.6. The van der Waals surface area contributed by atoms with Crippen LogP contribution in [-0.4, -0.2) is 61.3 Å². The van der Waals surface area contributed by atoms with Gasteiger partial charge in [-0.2, -0.15) is 0 Å². The fraction of sp³-hybridized carbons (Fsp3) is 1.00. The number of unbranched alkanes of at least 4 members (excludes halogenated alkanes) is 26. The first-order valence-corrected chi connectivity index (χ1v) is 24.1. The first kappa shape index (κ1) is 50.9. The number of rotatable bonds is 42. The average Bonchev–Trinajstić information content (AvgIpc) is 3.14. The van der Waals surface area contributed by atoms with Gasteiger partial charge in [0.2, 0.25) is 0 Å². The molecule has 0 spiro atoms. The maximum Gasteiger partial charge on any atom is 0.0509 e. The van der Waals surface area contributed by atoms with Crippen molar-refractivity contribution in [3.63, 3.8) is 0 Å². The number of hydrogen-bond donors (Lipinski definition) is 0. The van der Waals surface area contributed by atoms with E-state index in [1.165, 1.54) is 193 Å². The van der Waals surface area contributed by atoms with E-state index in [1.807, 2.05) is 0 Å². The maximum absolute atomic E-state index is 6.76. The van der Waals surface area contributed by atoms with Crippen LogP contribution in [0.3, 0.4) is 0 Å². The molecule has 0 fully saturated rings. The molecule has 0 aliphatic heterocycles. The number of nitrogens with zero attached hydrogens (tertiary/aromatic N) is 2. The van der Waals surface area contributed by atoms with E-state index in [9.17, 15) is 0 Å². The molecule has 4 unspecified atom stereocenters. The monoisotopic (exact) mass is 721 g/mol. The molecule has 0 saturated heterocycles. The third kappa shape index (κ3) is 29.9. The lowest BCUT2D eigenvalue weighted by Gasteiger charge is -2.35. The molecule has 0 aromatic rings. The molecule has 0 bridgehead atoms. The van der Waals surface area contributed by atoms with Gasteiger partial charge < -0.3 is 14.5 Å². The lowest BCUT2D eigenvalue weighted by molar-refractivity contribution is 0.0134. The second kappa shape index (κ2) is 39.6. The second-order valence-corrected chi connectivity index (χ2v) is 16.8. The van der Waals surface area contributed by atoms with E-state index in [0.29, 0.717) is 23.9 Å². The predicted molar refractivity (Wildman–Crippen MR) is 232 cm³/mol. The Balaban J connectivity index is 4.54. The molecule has 0 amide bonds. The molecule has 3 heteroatoms. The second-order valence-electron chi connectivity index (χ2n) is 16.8. The van der Waals surface area contributed by atoms with Crippen LogP contribution in [0.1, 0.15) is 248 Å². The smallest absolute Gasteiger partial charge is 0.0509 e. The zero-order valence-electron chi connectivity index (χ0n) is 37.1. The molecular weight excluding hydrogens is 621 g/mol. The van der Waals surface area contributed by atoms with Gasteiger partial charge >= 0.3 is 0 Å². The van der Waals surface area contributed by atoms with Gasteiger partial charge in [0.1, 0.15) is 0 Å². The molecule has 4 atom stereocenters. The lowest BCUT2D eigenvalue weighted by Crippen LogP contribution is -2.42. The van der Waals surface area contributed by atoms with E-state index in [0.717, 1.165) is 39.4 Å². The highest BCUT2D eigenvalue weighted by Gasteiger charge is 2.25. The van der Waals surface area contributed by atoms with Crippen LogP contribution in [0, 0.1) is 11.8 Å². The van der Waals surface area contributed by atoms with Crippen LogP contribution in [0.4, 0.5) is 0 Å². The first-order valence-electron chi connectivity index (χ1n) is 24.1. The van der Waals surface area contributed by atoms with E-state index in [4.69, 9.17) is 4.74 Å². The van der Waals surface area contributed by atoms with E-state index >= 15 is 0 Å². The quantitative estimate of drug-likeness (QED) is 0.0584. The van der Waals surface area contributed by atoms with Crippen LogP contribution in [-0.2, 0) is 4.74 Å². The van der Waals surface area contributed by atoms with Gasteiger partial charge in [-0.3, -0.25) is 0 Å². The molecule has 0 aliphatic carbocycles. The number of hydrogen-bond acceptors (Lipinski definition) is 3. The fourth-order valence-electron chi connectivity index (χ4n) is 8.70. The van der Waals surface area contributed by atoms with Crippen molar-refractivity contribution in [3.05, 3.63) is 0 Å². The molecule has 0 aromatic heterocycles. The largest absolute Gasteiger partial charge is 0.381 e. The van der Waals surface area contributed by atoms with E-state index in [-0.39, 0.29) is 0 Å². The molecular formula is C48H100N2O. The Hall–Kier alpha value is -0.120. The van der Waals surface area contributed by atoms with Crippen molar-refractivity contribution in [2.45, 2.75) is 260 Å². The fourth-order valence-corrected chi connectivity index (χ4v) is 8.70. The Kier molecular flexibility index (Phi) is 39.5. The van der Waals surface area contributed by atoms with Gasteiger partial charge in [-0.1, -0.05) is 221 Å². The Morgan fingerprint density at radius 1 is 0.314 bits per heavy atom. The van der Waals surface area contributed by atoms with Crippen LogP contribution in [0.5, 0.6) is 0 Å². The van der Waals surface area contributed by atoms with Crippen molar-refractivity contribution in [2.24, 2.45) is 11.8 Å². The van der Waals surface area contributed by atoms with Gasteiger partial charge in [0, 0.05) is 12.1 Å². The Bertz CT molecular complexity index is 593.